The molecular formula is C22H28N4O3. The van der Waals surface area contributed by atoms with Crippen LogP contribution in [0.25, 0.3) is 5.65 Å². The summed E-state index contributed by atoms with van der Waals surface area (Å²) >= 11 is 0. The van der Waals surface area contributed by atoms with E-state index in [1.54, 1.807) is 13.3 Å². The van der Waals surface area contributed by atoms with Crippen molar-refractivity contribution >= 4 is 17.2 Å². The first-order valence-corrected chi connectivity index (χ1v) is 9.71. The van der Waals surface area contributed by atoms with E-state index in [2.05, 4.69) is 15.6 Å². The van der Waals surface area contributed by atoms with Crippen molar-refractivity contribution in [3.8, 4) is 5.75 Å². The Labute approximate surface area is 170 Å². The summed E-state index contributed by atoms with van der Waals surface area (Å²) < 4.78 is 7.44. The Hall–Kier alpha value is -3.06. The Morgan fingerprint density at radius 1 is 1.28 bits per heavy atom. The molecule has 3 rings (SSSR count). The third-order valence-electron chi connectivity index (χ3n) is 5.12. The largest absolute Gasteiger partial charge is 0.496 e. The van der Waals surface area contributed by atoms with Crippen LogP contribution in [0.5, 0.6) is 5.75 Å². The number of hydrogen-bond donors (Lipinski definition) is 3. The van der Waals surface area contributed by atoms with Crippen LogP contribution in [0.4, 0.5) is 5.69 Å². The maximum Gasteiger partial charge on any atom is 0.252 e. The average Bonchev–Trinajstić information content (AvgIpc) is 3.01. The number of nitrogens with one attached hydrogen (secondary N) is 2. The van der Waals surface area contributed by atoms with Crippen LogP contribution >= 0.6 is 0 Å². The molecule has 2 heterocycles. The number of benzene rings is 1. The van der Waals surface area contributed by atoms with Crippen LogP contribution in [-0.4, -0.2) is 40.7 Å². The van der Waals surface area contributed by atoms with E-state index in [-0.39, 0.29) is 12.5 Å². The molecular weight excluding hydrogens is 368 g/mol. The molecule has 0 atom stereocenters. The third-order valence-corrected chi connectivity index (χ3v) is 5.12. The van der Waals surface area contributed by atoms with Crippen molar-refractivity contribution in [1.82, 2.24) is 14.7 Å². The molecule has 0 saturated carbocycles. The van der Waals surface area contributed by atoms with Crippen molar-refractivity contribution < 1.29 is 14.6 Å². The van der Waals surface area contributed by atoms with Crippen LogP contribution in [0, 0.1) is 20.8 Å². The number of rotatable bonds is 8. The number of amides is 1. The zero-order chi connectivity index (χ0) is 21.0. The summed E-state index contributed by atoms with van der Waals surface area (Å²) in [6.45, 7) is 7.01. The van der Waals surface area contributed by atoms with Crippen LogP contribution in [-0.2, 0) is 6.54 Å². The highest BCUT2D eigenvalue weighted by Gasteiger charge is 2.15. The summed E-state index contributed by atoms with van der Waals surface area (Å²) in [6.07, 6.45) is 2.33. The molecule has 0 spiro atoms. The van der Waals surface area contributed by atoms with Gasteiger partial charge in [0.25, 0.3) is 5.91 Å². The Balaban J connectivity index is 1.96. The molecule has 154 valence electrons. The van der Waals surface area contributed by atoms with Gasteiger partial charge in [0.05, 0.1) is 24.1 Å². The van der Waals surface area contributed by atoms with Gasteiger partial charge in [0.1, 0.15) is 5.75 Å². The molecule has 3 aromatic rings. The van der Waals surface area contributed by atoms with Crippen LogP contribution < -0.4 is 15.4 Å². The number of anilines is 1. The summed E-state index contributed by atoms with van der Waals surface area (Å²) in [6, 6.07) is 7.77. The van der Waals surface area contributed by atoms with E-state index in [1.807, 2.05) is 49.4 Å². The molecule has 0 fully saturated rings. The number of aromatic nitrogens is 2. The number of nitrogens with zero attached hydrogens (tertiary/aromatic N) is 2. The zero-order valence-corrected chi connectivity index (χ0v) is 17.4. The van der Waals surface area contributed by atoms with Crippen molar-refractivity contribution in [2.45, 2.75) is 33.7 Å². The second-order valence-electron chi connectivity index (χ2n) is 7.06. The third kappa shape index (κ3) is 4.35. The molecule has 1 aromatic carbocycles. The predicted octanol–water partition coefficient (Wildman–Crippen LogP) is 2.99. The van der Waals surface area contributed by atoms with E-state index in [0.29, 0.717) is 25.1 Å². The van der Waals surface area contributed by atoms with Crippen molar-refractivity contribution in [3.05, 3.63) is 58.5 Å². The summed E-state index contributed by atoms with van der Waals surface area (Å²) in [5.41, 5.74) is 6.18. The van der Waals surface area contributed by atoms with E-state index in [1.165, 1.54) is 0 Å². The fourth-order valence-corrected chi connectivity index (χ4v) is 3.29. The van der Waals surface area contributed by atoms with E-state index < -0.39 is 0 Å². The first-order valence-electron chi connectivity index (χ1n) is 9.71. The van der Waals surface area contributed by atoms with Crippen LogP contribution in [0.3, 0.4) is 0 Å². The van der Waals surface area contributed by atoms with Crippen LogP contribution in [0.1, 0.15) is 39.3 Å². The minimum Gasteiger partial charge on any atom is -0.496 e. The molecule has 3 N–H and O–H groups in total. The van der Waals surface area contributed by atoms with Crippen molar-refractivity contribution in [1.29, 1.82) is 0 Å². The quantitative estimate of drug-likeness (QED) is 0.510. The number of carbonyl (C=O) groups excluding carboxylic acids is 1. The number of imidazole rings is 1. The molecule has 0 aliphatic rings. The Morgan fingerprint density at radius 2 is 2.07 bits per heavy atom. The van der Waals surface area contributed by atoms with Gasteiger partial charge in [-0.25, -0.2) is 4.98 Å². The second kappa shape index (κ2) is 8.96. The molecule has 0 aliphatic heterocycles. The van der Waals surface area contributed by atoms with Crippen molar-refractivity contribution in [2.24, 2.45) is 0 Å². The van der Waals surface area contributed by atoms with Crippen molar-refractivity contribution in [3.63, 3.8) is 0 Å². The molecule has 0 unspecified atom stereocenters. The fraction of sp³-hybridized carbons (Fsp3) is 0.364. The van der Waals surface area contributed by atoms with Gasteiger partial charge in [-0.15, -0.1) is 0 Å². The number of aliphatic hydroxyl groups is 1. The minimum atomic E-state index is -0.178. The number of ether oxygens (including phenoxy) is 1. The van der Waals surface area contributed by atoms with E-state index in [0.717, 1.165) is 39.6 Å². The summed E-state index contributed by atoms with van der Waals surface area (Å²) in [4.78, 5) is 17.3. The summed E-state index contributed by atoms with van der Waals surface area (Å²) in [7, 11) is 1.66. The van der Waals surface area contributed by atoms with E-state index in [4.69, 9.17) is 9.84 Å². The normalized spacial score (nSPS) is 10.9. The molecule has 0 saturated heterocycles. The number of carbonyl (C=O) groups is 1. The topological polar surface area (TPSA) is 87.9 Å². The number of pyridine rings is 1. The Kier molecular flexibility index (Phi) is 6.39. The molecule has 7 heteroatoms. The summed E-state index contributed by atoms with van der Waals surface area (Å²) in [5.74, 6) is 0.643. The number of hydrogen-bond acceptors (Lipinski definition) is 5. The van der Waals surface area contributed by atoms with Gasteiger partial charge in [-0.2, -0.15) is 0 Å². The van der Waals surface area contributed by atoms with Gasteiger partial charge in [-0.1, -0.05) is 12.1 Å². The highest BCUT2D eigenvalue weighted by molar-refractivity contribution is 5.96. The first-order chi connectivity index (χ1) is 14.0. The number of aliphatic hydroxyl groups excluding tert-OH is 1. The lowest BCUT2D eigenvalue weighted by atomic mass is 10.1. The molecule has 7 nitrogen and oxygen atoms in total. The van der Waals surface area contributed by atoms with E-state index >= 15 is 0 Å². The predicted molar refractivity (Wildman–Crippen MR) is 114 cm³/mol. The lowest BCUT2D eigenvalue weighted by molar-refractivity contribution is 0.0950. The lowest BCUT2D eigenvalue weighted by Crippen LogP contribution is -2.25. The number of fused-ring (bicyclic) bond motifs is 1. The summed E-state index contributed by atoms with van der Waals surface area (Å²) in [5, 5.41) is 15.2. The minimum absolute atomic E-state index is 0.0458. The lowest BCUT2D eigenvalue weighted by Gasteiger charge is -2.15. The smallest absolute Gasteiger partial charge is 0.252 e. The molecule has 29 heavy (non-hydrogen) atoms. The van der Waals surface area contributed by atoms with Gasteiger partial charge >= 0.3 is 0 Å². The highest BCUT2D eigenvalue weighted by Crippen LogP contribution is 2.26. The van der Waals surface area contributed by atoms with Gasteiger partial charge in [0, 0.05) is 37.2 Å². The first kappa shape index (κ1) is 20.7. The van der Waals surface area contributed by atoms with Gasteiger partial charge in [0.2, 0.25) is 0 Å². The molecule has 0 aliphatic carbocycles. The highest BCUT2D eigenvalue weighted by atomic mass is 16.5. The number of aryl methyl sites for hydroxylation is 3. The molecule has 0 bridgehead atoms. The monoisotopic (exact) mass is 396 g/mol. The Bertz CT molecular complexity index is 1030. The van der Waals surface area contributed by atoms with Crippen molar-refractivity contribution in [2.75, 3.05) is 25.6 Å². The zero-order valence-electron chi connectivity index (χ0n) is 17.4. The standard InChI is InChI=1S/C22H28N4O3/c1-14-7-5-8-20(29-4)18(14)12-24-19-11-17(22(28)23-9-6-10-27)13-26-16(3)15(2)25-21(19)26/h5,7-8,11,13,24,27H,6,9-10,12H2,1-4H3,(H,23,28). The fourth-order valence-electron chi connectivity index (χ4n) is 3.29. The SMILES string of the molecule is COc1cccc(C)c1CNc1cc(C(=O)NCCCO)cn2c(C)c(C)nc12. The van der Waals surface area contributed by atoms with Crippen LogP contribution in [0.2, 0.25) is 0 Å². The number of methoxy groups -OCH3 is 1. The average molecular weight is 396 g/mol. The van der Waals surface area contributed by atoms with Gasteiger partial charge < -0.3 is 24.9 Å². The molecule has 0 radical (unpaired) electrons. The molecule has 1 amide bonds. The van der Waals surface area contributed by atoms with Gasteiger partial charge in [-0.05, 0) is 44.9 Å². The van der Waals surface area contributed by atoms with Gasteiger partial charge in [-0.3, -0.25) is 4.79 Å². The second-order valence-corrected chi connectivity index (χ2v) is 7.06. The molecule has 2 aromatic heterocycles. The van der Waals surface area contributed by atoms with Crippen LogP contribution in [0.15, 0.2) is 30.5 Å². The maximum absolute atomic E-state index is 12.6. The Morgan fingerprint density at radius 3 is 2.79 bits per heavy atom. The van der Waals surface area contributed by atoms with Gasteiger partial charge in [0.15, 0.2) is 5.65 Å². The van der Waals surface area contributed by atoms with E-state index in [9.17, 15) is 4.79 Å². The maximum atomic E-state index is 12.6.